The Kier molecular flexibility index (Phi) is 2.64. The van der Waals surface area contributed by atoms with Gasteiger partial charge in [0.25, 0.3) is 3.12 Å². The molecule has 0 N–H and O–H groups in total. The van der Waals surface area contributed by atoms with E-state index in [1.165, 1.54) is 0 Å². The largest absolute Gasteiger partial charge is 0.361 e. The Morgan fingerprint density at radius 3 is 2.33 bits per heavy atom. The molecule has 3 atom stereocenters. The van der Waals surface area contributed by atoms with Crippen LogP contribution in [0.2, 0.25) is 0 Å². The lowest BCUT2D eigenvalue weighted by Gasteiger charge is -2.22. The molecule has 1 fully saturated rings. The third-order valence-corrected chi connectivity index (χ3v) is 6.29. The maximum atomic E-state index is 11.9. The molecule has 3 nitrogen and oxygen atoms in total. The van der Waals surface area contributed by atoms with Crippen LogP contribution >= 0.6 is 34.8 Å². The van der Waals surface area contributed by atoms with Crippen LogP contribution in [0.1, 0.15) is 0 Å². The van der Waals surface area contributed by atoms with E-state index >= 15 is 0 Å². The van der Waals surface area contributed by atoms with Gasteiger partial charge in [0, 0.05) is 0 Å². The lowest BCUT2D eigenvalue weighted by atomic mass is 10.0. The van der Waals surface area contributed by atoms with E-state index in [1.807, 2.05) is 0 Å². The normalized spacial score (nSPS) is 35.1. The first-order valence-corrected chi connectivity index (χ1v) is 6.76. The fraction of sp³-hybridized carbons (Fsp3) is 0.500. The average Bonchev–Trinajstić information content (AvgIpc) is 2.60. The van der Waals surface area contributed by atoms with Crippen molar-refractivity contribution in [3.63, 3.8) is 0 Å². The highest BCUT2D eigenvalue weighted by Crippen LogP contribution is 2.45. The van der Waals surface area contributed by atoms with Gasteiger partial charge in [0.1, 0.15) is 5.25 Å². The quantitative estimate of drug-likeness (QED) is 0.548. The summed E-state index contributed by atoms with van der Waals surface area (Å²) in [5.74, 6) is 0. The summed E-state index contributed by atoms with van der Waals surface area (Å²) in [6.45, 7) is 3.67. The monoisotopic (exact) mass is 288 g/mol. The Morgan fingerprint density at radius 2 is 1.93 bits per heavy atom. The summed E-state index contributed by atoms with van der Waals surface area (Å²) in [6, 6.07) is 0. The van der Waals surface area contributed by atoms with Gasteiger partial charge in [0.15, 0.2) is 0 Å². The molecule has 0 aliphatic carbocycles. The van der Waals surface area contributed by atoms with E-state index in [-0.39, 0.29) is 6.10 Å². The Hall–Kier alpha value is 0.260. The molecule has 7 heteroatoms. The van der Waals surface area contributed by atoms with Crippen molar-refractivity contribution in [2.75, 3.05) is 0 Å². The number of ether oxygens (including phenoxy) is 1. The first-order valence-electron chi connectivity index (χ1n) is 4.08. The minimum Gasteiger partial charge on any atom is -0.361 e. The van der Waals surface area contributed by atoms with Crippen molar-refractivity contribution in [1.82, 2.24) is 0 Å². The second-order valence-electron chi connectivity index (χ2n) is 3.39. The number of hydrogen-bond donors (Lipinski definition) is 0. The zero-order valence-corrected chi connectivity index (χ0v) is 10.4. The molecule has 0 aromatic carbocycles. The summed E-state index contributed by atoms with van der Waals surface area (Å²) < 4.78 is 26.7. The number of fused-ring (bicyclic) bond motifs is 2. The fourth-order valence-electron chi connectivity index (χ4n) is 1.75. The van der Waals surface area contributed by atoms with E-state index in [0.29, 0.717) is 5.57 Å². The van der Waals surface area contributed by atoms with Gasteiger partial charge < -0.3 is 4.74 Å². The van der Waals surface area contributed by atoms with Crippen LogP contribution < -0.4 is 0 Å². The molecule has 0 saturated carbocycles. The molecule has 0 spiro atoms. The molecule has 0 amide bonds. The van der Waals surface area contributed by atoms with Gasteiger partial charge >= 0.3 is 0 Å². The van der Waals surface area contributed by atoms with Crippen molar-refractivity contribution in [1.29, 1.82) is 0 Å². The van der Waals surface area contributed by atoms with Crippen LogP contribution in [0.4, 0.5) is 0 Å². The highest BCUT2D eigenvalue weighted by Gasteiger charge is 2.54. The number of sulfone groups is 1. The third kappa shape index (κ3) is 1.63. The second-order valence-corrected chi connectivity index (χ2v) is 8.56. The van der Waals surface area contributed by atoms with E-state index in [9.17, 15) is 8.42 Å². The molecule has 84 valence electrons. The van der Waals surface area contributed by atoms with Gasteiger partial charge in [-0.25, -0.2) is 8.42 Å². The molecule has 1 saturated heterocycles. The van der Waals surface area contributed by atoms with Crippen LogP contribution in [0.15, 0.2) is 24.3 Å². The number of halogens is 3. The van der Waals surface area contributed by atoms with Gasteiger partial charge in [-0.05, 0) is 5.57 Å². The van der Waals surface area contributed by atoms with Crippen molar-refractivity contribution >= 4 is 44.6 Å². The number of rotatable bonds is 1. The highest BCUT2D eigenvalue weighted by atomic mass is 35.6. The van der Waals surface area contributed by atoms with Gasteiger partial charge in [-0.15, -0.1) is 0 Å². The van der Waals surface area contributed by atoms with Crippen molar-refractivity contribution in [2.24, 2.45) is 0 Å². The zero-order chi connectivity index (χ0) is 11.4. The highest BCUT2D eigenvalue weighted by molar-refractivity contribution is 7.98. The summed E-state index contributed by atoms with van der Waals surface area (Å²) in [7, 11) is -3.94. The average molecular weight is 290 g/mol. The summed E-state index contributed by atoms with van der Waals surface area (Å²) in [5, 5.41) is -0.958. The van der Waals surface area contributed by atoms with Crippen LogP contribution in [0.5, 0.6) is 0 Å². The lowest BCUT2D eigenvalue weighted by Crippen LogP contribution is -2.38. The maximum Gasteiger partial charge on any atom is 0.293 e. The molecule has 2 bridgehead atoms. The van der Waals surface area contributed by atoms with Gasteiger partial charge in [0.05, 0.1) is 12.2 Å². The molecule has 2 aliphatic heterocycles. The zero-order valence-electron chi connectivity index (χ0n) is 7.36. The summed E-state index contributed by atoms with van der Waals surface area (Å²) in [4.78, 5) is 0. The fourth-order valence-corrected chi connectivity index (χ4v) is 3.94. The van der Waals surface area contributed by atoms with Crippen LogP contribution in [-0.4, -0.2) is 29.0 Å². The smallest absolute Gasteiger partial charge is 0.293 e. The first-order chi connectivity index (χ1) is 6.75. The molecular weight excluding hydrogens is 283 g/mol. The molecule has 2 aliphatic rings. The lowest BCUT2D eigenvalue weighted by molar-refractivity contribution is 0.128. The number of alkyl halides is 3. The van der Waals surface area contributed by atoms with Crippen molar-refractivity contribution in [2.45, 2.75) is 20.6 Å². The Labute approximate surface area is 103 Å². The van der Waals surface area contributed by atoms with Gasteiger partial charge in [0.2, 0.25) is 9.84 Å². The summed E-state index contributed by atoms with van der Waals surface area (Å²) >= 11 is 16.3. The van der Waals surface area contributed by atoms with E-state index in [4.69, 9.17) is 39.5 Å². The standard InChI is InChI=1S/C8H7Cl3O3S/c1-4-5-2-3-6(14-5)7(4)15(12,13)8(9,10)11/h2-3,5-7H,1H2/t5-,6+,7+/m1/s1. The van der Waals surface area contributed by atoms with Crippen LogP contribution in [0.3, 0.4) is 0 Å². The SMILES string of the molecule is C=C1[C@H]2C=C[C@H](O2)[C@H]1S(=O)(=O)C(Cl)(Cl)Cl. The molecule has 2 rings (SSSR count). The molecule has 15 heavy (non-hydrogen) atoms. The summed E-state index contributed by atoms with van der Waals surface area (Å²) in [5.41, 5.74) is 0.425. The van der Waals surface area contributed by atoms with Crippen molar-refractivity contribution in [3.05, 3.63) is 24.3 Å². The maximum absolute atomic E-state index is 11.9. The van der Waals surface area contributed by atoms with E-state index in [0.717, 1.165) is 0 Å². The molecule has 0 radical (unpaired) electrons. The molecular formula is C8H7Cl3O3S. The molecule has 0 aromatic rings. The van der Waals surface area contributed by atoms with Crippen molar-refractivity contribution < 1.29 is 13.2 Å². The predicted molar refractivity (Wildman–Crippen MR) is 59.9 cm³/mol. The predicted octanol–water partition coefficient (Wildman–Crippen LogP) is 1.99. The topological polar surface area (TPSA) is 43.4 Å². The van der Waals surface area contributed by atoms with E-state index in [1.54, 1.807) is 12.2 Å². The van der Waals surface area contributed by atoms with Crippen molar-refractivity contribution in [3.8, 4) is 0 Å². The second kappa shape index (κ2) is 3.37. The molecule has 0 unspecified atom stereocenters. The minimum absolute atomic E-state index is 0.373. The van der Waals surface area contributed by atoms with Crippen LogP contribution in [0.25, 0.3) is 0 Å². The third-order valence-electron chi connectivity index (χ3n) is 2.47. The first kappa shape index (κ1) is 11.7. The van der Waals surface area contributed by atoms with Crippen LogP contribution in [0, 0.1) is 0 Å². The van der Waals surface area contributed by atoms with Gasteiger partial charge in [-0.3, -0.25) is 0 Å². The minimum atomic E-state index is -3.94. The van der Waals surface area contributed by atoms with E-state index in [2.05, 4.69) is 6.58 Å². The van der Waals surface area contributed by atoms with E-state index < -0.39 is 24.3 Å². The van der Waals surface area contributed by atoms with Crippen LogP contribution in [-0.2, 0) is 14.6 Å². The van der Waals surface area contributed by atoms with Gasteiger partial charge in [-0.2, -0.15) is 0 Å². The Morgan fingerprint density at radius 1 is 1.33 bits per heavy atom. The molecule has 0 aromatic heterocycles. The van der Waals surface area contributed by atoms with Gasteiger partial charge in [-0.1, -0.05) is 53.5 Å². The Balaban J connectivity index is 2.42. The number of hydrogen-bond acceptors (Lipinski definition) is 3. The molecule has 2 heterocycles. The summed E-state index contributed by atoms with van der Waals surface area (Å²) in [6.07, 6.45) is 2.44. The Bertz CT molecular complexity index is 435.